The Balaban J connectivity index is 1.73. The molecule has 5 heteroatoms. The number of thiazole rings is 1. The fourth-order valence-electron chi connectivity index (χ4n) is 3.00. The molecule has 0 N–H and O–H groups in total. The van der Waals surface area contributed by atoms with E-state index in [9.17, 15) is 4.79 Å². The van der Waals surface area contributed by atoms with E-state index >= 15 is 0 Å². The first-order valence-electron chi connectivity index (χ1n) is 6.07. The standard InChI is InChI=1S/C12H16N2O2S/c1-16-11(15)10-5-13-12(17-10)14-6-8-3-2-4-9(8)7-14/h5,8-9H,2-4,6-7H2,1H3. The topological polar surface area (TPSA) is 42.4 Å². The molecule has 3 rings (SSSR count). The molecule has 2 fully saturated rings. The Morgan fingerprint density at radius 2 is 2.18 bits per heavy atom. The molecule has 1 aromatic heterocycles. The average Bonchev–Trinajstić information content (AvgIpc) is 3.00. The van der Waals surface area contributed by atoms with Crippen LogP contribution in [0.3, 0.4) is 0 Å². The highest BCUT2D eigenvalue weighted by Gasteiger charge is 2.37. The summed E-state index contributed by atoms with van der Waals surface area (Å²) in [6.45, 7) is 2.22. The number of carbonyl (C=O) groups excluding carboxylic acids is 1. The van der Waals surface area contributed by atoms with E-state index in [2.05, 4.69) is 9.88 Å². The maximum atomic E-state index is 11.4. The maximum Gasteiger partial charge on any atom is 0.349 e. The Kier molecular flexibility index (Phi) is 2.78. The van der Waals surface area contributed by atoms with Crippen LogP contribution in [0.2, 0.25) is 0 Å². The van der Waals surface area contributed by atoms with Gasteiger partial charge >= 0.3 is 5.97 Å². The predicted octanol–water partition coefficient (Wildman–Crippen LogP) is 2.17. The Bertz CT molecular complexity index is 420. The number of ether oxygens (including phenoxy) is 1. The summed E-state index contributed by atoms with van der Waals surface area (Å²) in [5.41, 5.74) is 0. The first kappa shape index (κ1) is 11.0. The molecule has 0 amide bonds. The maximum absolute atomic E-state index is 11.4. The van der Waals surface area contributed by atoms with Gasteiger partial charge in [0.25, 0.3) is 0 Å². The van der Waals surface area contributed by atoms with Crippen LogP contribution in [0, 0.1) is 11.8 Å². The molecule has 1 aliphatic heterocycles. The number of anilines is 1. The number of fused-ring (bicyclic) bond motifs is 1. The van der Waals surface area contributed by atoms with Gasteiger partial charge in [0.1, 0.15) is 4.88 Å². The SMILES string of the molecule is COC(=O)c1cnc(N2CC3CCCC3C2)s1. The summed E-state index contributed by atoms with van der Waals surface area (Å²) >= 11 is 1.44. The van der Waals surface area contributed by atoms with E-state index in [1.54, 1.807) is 6.20 Å². The molecule has 2 atom stereocenters. The monoisotopic (exact) mass is 252 g/mol. The number of rotatable bonds is 2. The molecule has 0 aromatic carbocycles. The lowest BCUT2D eigenvalue weighted by Gasteiger charge is -2.15. The second kappa shape index (κ2) is 4.29. The third-order valence-electron chi connectivity index (χ3n) is 3.88. The van der Waals surface area contributed by atoms with Gasteiger partial charge in [-0.2, -0.15) is 0 Å². The summed E-state index contributed by atoms with van der Waals surface area (Å²) in [7, 11) is 1.40. The second-order valence-electron chi connectivity index (χ2n) is 4.85. The molecule has 0 radical (unpaired) electrons. The van der Waals surface area contributed by atoms with Gasteiger partial charge in [-0.25, -0.2) is 9.78 Å². The quantitative estimate of drug-likeness (QED) is 0.756. The molecule has 92 valence electrons. The highest BCUT2D eigenvalue weighted by atomic mass is 32.1. The van der Waals surface area contributed by atoms with Crippen molar-refractivity contribution in [3.05, 3.63) is 11.1 Å². The summed E-state index contributed by atoms with van der Waals surface area (Å²) in [6.07, 6.45) is 5.72. The highest BCUT2D eigenvalue weighted by molar-refractivity contribution is 7.17. The molecule has 0 bridgehead atoms. The molecule has 2 heterocycles. The average molecular weight is 252 g/mol. The first-order chi connectivity index (χ1) is 8.28. The van der Waals surface area contributed by atoms with Crippen LogP contribution < -0.4 is 4.90 Å². The molecule has 1 saturated heterocycles. The molecule has 1 saturated carbocycles. The second-order valence-corrected chi connectivity index (χ2v) is 5.86. The minimum absolute atomic E-state index is 0.284. The van der Waals surface area contributed by atoms with Gasteiger partial charge in [0, 0.05) is 13.1 Å². The van der Waals surface area contributed by atoms with Crippen molar-refractivity contribution in [2.45, 2.75) is 19.3 Å². The minimum Gasteiger partial charge on any atom is -0.465 e. The lowest BCUT2D eigenvalue weighted by molar-refractivity contribution is 0.0606. The first-order valence-corrected chi connectivity index (χ1v) is 6.88. The number of nitrogens with zero attached hydrogens (tertiary/aromatic N) is 2. The fourth-order valence-corrected chi connectivity index (χ4v) is 3.85. The van der Waals surface area contributed by atoms with Gasteiger partial charge in [0.15, 0.2) is 5.13 Å². The fraction of sp³-hybridized carbons (Fsp3) is 0.667. The summed E-state index contributed by atoms with van der Waals surface area (Å²) in [5, 5.41) is 0.972. The van der Waals surface area contributed by atoms with Crippen LogP contribution in [0.4, 0.5) is 5.13 Å². The van der Waals surface area contributed by atoms with Crippen molar-refractivity contribution >= 4 is 22.4 Å². The van der Waals surface area contributed by atoms with Crippen LogP contribution in [0.1, 0.15) is 28.9 Å². The van der Waals surface area contributed by atoms with E-state index < -0.39 is 0 Å². The van der Waals surface area contributed by atoms with Gasteiger partial charge in [0.2, 0.25) is 0 Å². The summed E-state index contributed by atoms with van der Waals surface area (Å²) in [5.74, 6) is 1.41. The molecule has 1 aliphatic carbocycles. The van der Waals surface area contributed by atoms with Crippen molar-refractivity contribution in [3.63, 3.8) is 0 Å². The van der Waals surface area contributed by atoms with Crippen LogP contribution in [0.15, 0.2) is 6.20 Å². The zero-order chi connectivity index (χ0) is 11.8. The molecule has 0 spiro atoms. The zero-order valence-corrected chi connectivity index (χ0v) is 10.7. The number of hydrogen-bond acceptors (Lipinski definition) is 5. The van der Waals surface area contributed by atoms with Crippen molar-refractivity contribution in [1.29, 1.82) is 0 Å². The smallest absolute Gasteiger partial charge is 0.349 e. The number of esters is 1. The van der Waals surface area contributed by atoms with Crippen LogP contribution in [-0.4, -0.2) is 31.2 Å². The van der Waals surface area contributed by atoms with Crippen LogP contribution in [0.5, 0.6) is 0 Å². The highest BCUT2D eigenvalue weighted by Crippen LogP contribution is 2.40. The summed E-state index contributed by atoms with van der Waals surface area (Å²) in [4.78, 5) is 18.6. The predicted molar refractivity (Wildman–Crippen MR) is 66.5 cm³/mol. The van der Waals surface area contributed by atoms with Crippen LogP contribution in [-0.2, 0) is 4.74 Å². The number of hydrogen-bond donors (Lipinski definition) is 0. The van der Waals surface area contributed by atoms with Crippen LogP contribution >= 0.6 is 11.3 Å². The zero-order valence-electron chi connectivity index (χ0n) is 9.89. The lowest BCUT2D eigenvalue weighted by atomic mass is 10.0. The van der Waals surface area contributed by atoms with Gasteiger partial charge in [-0.05, 0) is 24.7 Å². The van der Waals surface area contributed by atoms with Gasteiger partial charge in [-0.15, -0.1) is 0 Å². The lowest BCUT2D eigenvalue weighted by Crippen LogP contribution is -2.20. The molecular weight excluding hydrogens is 236 g/mol. The van der Waals surface area contributed by atoms with Crippen molar-refractivity contribution in [3.8, 4) is 0 Å². The van der Waals surface area contributed by atoms with Crippen molar-refractivity contribution in [2.24, 2.45) is 11.8 Å². The Labute approximate surface area is 105 Å². The van der Waals surface area contributed by atoms with Gasteiger partial charge < -0.3 is 9.64 Å². The van der Waals surface area contributed by atoms with Gasteiger partial charge in [-0.3, -0.25) is 0 Å². The molecule has 1 aromatic rings. The molecular formula is C12H16N2O2S. The van der Waals surface area contributed by atoms with E-state index in [4.69, 9.17) is 4.74 Å². The van der Waals surface area contributed by atoms with Gasteiger partial charge in [-0.1, -0.05) is 17.8 Å². The van der Waals surface area contributed by atoms with E-state index in [1.807, 2.05) is 0 Å². The Morgan fingerprint density at radius 1 is 1.47 bits per heavy atom. The van der Waals surface area contributed by atoms with E-state index in [0.29, 0.717) is 4.88 Å². The van der Waals surface area contributed by atoms with E-state index in [0.717, 1.165) is 30.1 Å². The normalized spacial score (nSPS) is 27.2. The minimum atomic E-state index is -0.284. The van der Waals surface area contributed by atoms with Crippen molar-refractivity contribution < 1.29 is 9.53 Å². The third kappa shape index (κ3) is 1.92. The third-order valence-corrected chi connectivity index (χ3v) is 4.92. The Hall–Kier alpha value is -1.10. The van der Waals surface area contributed by atoms with Crippen LogP contribution in [0.25, 0.3) is 0 Å². The summed E-state index contributed by atoms with van der Waals surface area (Å²) in [6, 6.07) is 0. The van der Waals surface area contributed by atoms with E-state index in [1.165, 1.54) is 37.7 Å². The molecule has 2 aliphatic rings. The largest absolute Gasteiger partial charge is 0.465 e. The Morgan fingerprint density at radius 3 is 2.82 bits per heavy atom. The van der Waals surface area contributed by atoms with Crippen molar-refractivity contribution in [1.82, 2.24) is 4.98 Å². The van der Waals surface area contributed by atoms with Crippen molar-refractivity contribution in [2.75, 3.05) is 25.1 Å². The molecule has 2 unspecified atom stereocenters. The molecule has 17 heavy (non-hydrogen) atoms. The van der Waals surface area contributed by atoms with Gasteiger partial charge in [0.05, 0.1) is 13.3 Å². The number of aromatic nitrogens is 1. The number of methoxy groups -OCH3 is 1. The number of carbonyl (C=O) groups is 1. The summed E-state index contributed by atoms with van der Waals surface area (Å²) < 4.78 is 4.70. The molecule has 4 nitrogen and oxygen atoms in total. The van der Waals surface area contributed by atoms with E-state index in [-0.39, 0.29) is 5.97 Å².